The lowest BCUT2D eigenvalue weighted by atomic mass is 9.81. The van der Waals surface area contributed by atoms with Crippen molar-refractivity contribution < 1.29 is 14.4 Å². The van der Waals surface area contributed by atoms with Crippen LogP contribution in [0, 0.1) is 0 Å². The van der Waals surface area contributed by atoms with E-state index in [1.807, 2.05) is 27.7 Å². The van der Waals surface area contributed by atoms with E-state index in [4.69, 9.17) is 9.31 Å². The molecule has 2 aliphatic heterocycles. The predicted octanol–water partition coefficient (Wildman–Crippen LogP) is 0.737. The van der Waals surface area contributed by atoms with Gasteiger partial charge in [-0.15, -0.1) is 0 Å². The molecular formula is C15H24BN3O3. The minimum absolute atomic E-state index is 0.194. The van der Waals surface area contributed by atoms with Crippen LogP contribution in [0.4, 0.5) is 5.95 Å². The van der Waals surface area contributed by atoms with E-state index in [0.717, 1.165) is 31.4 Å². The van der Waals surface area contributed by atoms with Crippen molar-refractivity contribution in [2.75, 3.05) is 18.0 Å². The molecular weight excluding hydrogens is 281 g/mol. The van der Waals surface area contributed by atoms with Gasteiger partial charge in [-0.1, -0.05) is 0 Å². The summed E-state index contributed by atoms with van der Waals surface area (Å²) in [6, 6.07) is 0. The van der Waals surface area contributed by atoms with E-state index in [9.17, 15) is 5.11 Å². The van der Waals surface area contributed by atoms with Crippen molar-refractivity contribution in [3.05, 3.63) is 12.4 Å². The maximum Gasteiger partial charge on any atom is 0.498 e. The van der Waals surface area contributed by atoms with Gasteiger partial charge in [0.1, 0.15) is 0 Å². The van der Waals surface area contributed by atoms with Crippen LogP contribution in [0.2, 0.25) is 0 Å². The Kier molecular flexibility index (Phi) is 3.91. The summed E-state index contributed by atoms with van der Waals surface area (Å²) in [5.41, 5.74) is 0.109. The molecule has 6 nitrogen and oxygen atoms in total. The van der Waals surface area contributed by atoms with Crippen molar-refractivity contribution in [1.29, 1.82) is 0 Å². The van der Waals surface area contributed by atoms with Crippen LogP contribution in [0.3, 0.4) is 0 Å². The van der Waals surface area contributed by atoms with Gasteiger partial charge in [0.2, 0.25) is 5.95 Å². The number of hydrogen-bond donors (Lipinski definition) is 1. The van der Waals surface area contributed by atoms with Gasteiger partial charge in [-0.05, 0) is 40.5 Å². The molecule has 1 aromatic rings. The van der Waals surface area contributed by atoms with Gasteiger partial charge in [0.15, 0.2) is 0 Å². The lowest BCUT2D eigenvalue weighted by molar-refractivity contribution is 0.00578. The van der Waals surface area contributed by atoms with Crippen molar-refractivity contribution in [2.24, 2.45) is 0 Å². The van der Waals surface area contributed by atoms with Crippen LogP contribution in [0.25, 0.3) is 0 Å². The van der Waals surface area contributed by atoms with Gasteiger partial charge in [0.05, 0.1) is 17.3 Å². The van der Waals surface area contributed by atoms with E-state index < -0.39 is 7.12 Å². The summed E-state index contributed by atoms with van der Waals surface area (Å²) in [6.07, 6.45) is 4.88. The number of piperidine rings is 1. The third-order valence-corrected chi connectivity index (χ3v) is 4.93. The second-order valence-electron chi connectivity index (χ2n) is 7.12. The highest BCUT2D eigenvalue weighted by molar-refractivity contribution is 6.61. The molecule has 0 bridgehead atoms. The highest BCUT2D eigenvalue weighted by Crippen LogP contribution is 2.36. The number of aliphatic hydroxyl groups is 1. The van der Waals surface area contributed by atoms with Gasteiger partial charge in [0.25, 0.3) is 0 Å². The largest absolute Gasteiger partial charge is 0.498 e. The van der Waals surface area contributed by atoms with Crippen molar-refractivity contribution in [2.45, 2.75) is 57.8 Å². The Balaban J connectivity index is 1.70. The lowest BCUT2D eigenvalue weighted by Crippen LogP contribution is -2.41. The van der Waals surface area contributed by atoms with Gasteiger partial charge in [-0.2, -0.15) is 0 Å². The normalized spacial score (nSPS) is 24.8. The highest BCUT2D eigenvalue weighted by Gasteiger charge is 2.51. The molecule has 0 aliphatic carbocycles. The van der Waals surface area contributed by atoms with E-state index in [1.54, 1.807) is 12.4 Å². The zero-order valence-corrected chi connectivity index (χ0v) is 13.7. The number of nitrogens with zero attached hydrogens (tertiary/aromatic N) is 3. The first-order valence-corrected chi connectivity index (χ1v) is 7.89. The predicted molar refractivity (Wildman–Crippen MR) is 85.2 cm³/mol. The molecule has 0 aromatic carbocycles. The molecule has 0 saturated carbocycles. The molecule has 22 heavy (non-hydrogen) atoms. The van der Waals surface area contributed by atoms with E-state index in [2.05, 4.69) is 14.9 Å². The zero-order valence-electron chi connectivity index (χ0n) is 13.7. The molecule has 7 heteroatoms. The average molecular weight is 305 g/mol. The number of hydrogen-bond acceptors (Lipinski definition) is 6. The van der Waals surface area contributed by atoms with Crippen LogP contribution < -0.4 is 10.4 Å². The first-order chi connectivity index (χ1) is 10.3. The standard InChI is InChI=1S/C15H24BN3O3/c1-14(2)15(3,4)22-16(21-14)11-9-17-13(18-10-11)19-7-5-12(20)6-8-19/h9-10,12,20H,5-8H2,1-4H3. The SMILES string of the molecule is CC1(C)OB(c2cnc(N3CCC(O)CC3)nc2)OC1(C)C. The van der Waals surface area contributed by atoms with Crippen molar-refractivity contribution in [3.8, 4) is 0 Å². The maximum absolute atomic E-state index is 9.56. The van der Waals surface area contributed by atoms with Gasteiger partial charge in [-0.25, -0.2) is 9.97 Å². The monoisotopic (exact) mass is 305 g/mol. The summed E-state index contributed by atoms with van der Waals surface area (Å²) in [5.74, 6) is 0.701. The zero-order chi connectivity index (χ0) is 16.0. The Bertz CT molecular complexity index is 511. The summed E-state index contributed by atoms with van der Waals surface area (Å²) in [7, 11) is -0.428. The highest BCUT2D eigenvalue weighted by atomic mass is 16.7. The van der Waals surface area contributed by atoms with Crippen LogP contribution in [0.5, 0.6) is 0 Å². The summed E-state index contributed by atoms with van der Waals surface area (Å²) in [5, 5.41) is 9.56. The molecule has 3 heterocycles. The smallest absolute Gasteiger partial charge is 0.399 e. The van der Waals surface area contributed by atoms with Crippen molar-refractivity contribution in [3.63, 3.8) is 0 Å². The summed E-state index contributed by atoms with van der Waals surface area (Å²) < 4.78 is 12.0. The fourth-order valence-electron chi connectivity index (χ4n) is 2.66. The average Bonchev–Trinajstić information content (AvgIpc) is 2.68. The first kappa shape index (κ1) is 15.7. The number of aliphatic hydroxyl groups excluding tert-OH is 1. The number of rotatable bonds is 2. The fraction of sp³-hybridized carbons (Fsp3) is 0.733. The second kappa shape index (κ2) is 5.47. The molecule has 2 saturated heterocycles. The molecule has 2 aliphatic rings. The van der Waals surface area contributed by atoms with Crippen LogP contribution in [-0.2, 0) is 9.31 Å². The lowest BCUT2D eigenvalue weighted by Gasteiger charge is -2.32. The van der Waals surface area contributed by atoms with E-state index in [0.29, 0.717) is 5.95 Å². The van der Waals surface area contributed by atoms with Gasteiger partial charge in [0, 0.05) is 30.9 Å². The molecule has 2 fully saturated rings. The Hall–Kier alpha value is -1.18. The molecule has 1 N–H and O–H groups in total. The molecule has 0 amide bonds. The van der Waals surface area contributed by atoms with E-state index in [1.165, 1.54) is 0 Å². The van der Waals surface area contributed by atoms with Gasteiger partial charge >= 0.3 is 7.12 Å². The fourth-order valence-corrected chi connectivity index (χ4v) is 2.66. The van der Waals surface area contributed by atoms with Crippen molar-refractivity contribution >= 4 is 18.5 Å². The first-order valence-electron chi connectivity index (χ1n) is 7.89. The minimum Gasteiger partial charge on any atom is -0.399 e. The summed E-state index contributed by atoms with van der Waals surface area (Å²) >= 11 is 0. The number of anilines is 1. The van der Waals surface area contributed by atoms with Crippen LogP contribution in [0.15, 0.2) is 12.4 Å². The molecule has 0 atom stereocenters. The summed E-state index contributed by atoms with van der Waals surface area (Å²) in [6.45, 7) is 9.69. The molecule has 0 radical (unpaired) electrons. The van der Waals surface area contributed by atoms with E-state index >= 15 is 0 Å². The Morgan fingerprint density at radius 3 is 2.09 bits per heavy atom. The third kappa shape index (κ3) is 2.85. The molecule has 1 aromatic heterocycles. The number of aromatic nitrogens is 2. The second-order valence-corrected chi connectivity index (χ2v) is 7.12. The molecule has 120 valence electrons. The van der Waals surface area contributed by atoms with Crippen LogP contribution in [0.1, 0.15) is 40.5 Å². The topological polar surface area (TPSA) is 67.7 Å². The summed E-state index contributed by atoms with van der Waals surface area (Å²) in [4.78, 5) is 11.0. The Labute approximate surface area is 132 Å². The molecule has 0 unspecified atom stereocenters. The minimum atomic E-state index is -0.428. The van der Waals surface area contributed by atoms with Crippen LogP contribution >= 0.6 is 0 Å². The van der Waals surface area contributed by atoms with E-state index in [-0.39, 0.29) is 17.3 Å². The third-order valence-electron chi connectivity index (χ3n) is 4.93. The molecule has 0 spiro atoms. The van der Waals surface area contributed by atoms with Crippen molar-refractivity contribution in [1.82, 2.24) is 9.97 Å². The Morgan fingerprint density at radius 1 is 1.09 bits per heavy atom. The maximum atomic E-state index is 9.56. The Morgan fingerprint density at radius 2 is 1.59 bits per heavy atom. The van der Waals surface area contributed by atoms with Gasteiger partial charge < -0.3 is 19.3 Å². The quantitative estimate of drug-likeness (QED) is 0.813. The molecule has 3 rings (SSSR count). The van der Waals surface area contributed by atoms with Crippen LogP contribution in [-0.4, -0.2) is 52.6 Å². The van der Waals surface area contributed by atoms with Gasteiger partial charge in [-0.3, -0.25) is 0 Å².